The Morgan fingerprint density at radius 2 is 1.89 bits per heavy atom. The van der Waals surface area contributed by atoms with Crippen molar-refractivity contribution in [3.8, 4) is 17.2 Å². The van der Waals surface area contributed by atoms with E-state index in [9.17, 15) is 4.79 Å². The maximum atomic E-state index is 11.4. The van der Waals surface area contributed by atoms with Crippen LogP contribution in [0.2, 0.25) is 0 Å². The highest BCUT2D eigenvalue weighted by atomic mass is 32.1. The molecule has 2 aromatic carbocycles. The van der Waals surface area contributed by atoms with Gasteiger partial charge >= 0.3 is 5.30 Å². The van der Waals surface area contributed by atoms with Crippen LogP contribution in [-0.4, -0.2) is 32.7 Å². The number of carbonyl (C=O) groups is 1. The minimum Gasteiger partial charge on any atom is -0.493 e. The van der Waals surface area contributed by atoms with Crippen LogP contribution < -0.4 is 19.9 Å². The molecule has 0 fully saturated rings. The molecule has 0 aliphatic rings. The fraction of sp³-hybridized carbons (Fsp3) is 0.350. The zero-order valence-corrected chi connectivity index (χ0v) is 16.4. The van der Waals surface area contributed by atoms with Gasteiger partial charge in [0.1, 0.15) is 18.5 Å². The van der Waals surface area contributed by atoms with Crippen molar-refractivity contribution in [2.24, 2.45) is 5.73 Å². The molecule has 2 rings (SSSR count). The lowest BCUT2D eigenvalue weighted by Gasteiger charge is -2.18. The van der Waals surface area contributed by atoms with E-state index in [1.807, 2.05) is 42.5 Å². The Balaban J connectivity index is 2.14. The molecule has 6 nitrogen and oxygen atoms in total. The molecule has 0 heterocycles. The molecule has 27 heavy (non-hydrogen) atoms. The number of aryl methyl sites for hydroxylation is 1. The van der Waals surface area contributed by atoms with Gasteiger partial charge in [-0.15, -0.1) is 0 Å². The summed E-state index contributed by atoms with van der Waals surface area (Å²) in [7, 11) is 3.19. The fourth-order valence-corrected chi connectivity index (χ4v) is 2.86. The van der Waals surface area contributed by atoms with Gasteiger partial charge in [-0.3, -0.25) is 0 Å². The minimum absolute atomic E-state index is 0.423. The smallest absolute Gasteiger partial charge is 0.364 e. The summed E-state index contributed by atoms with van der Waals surface area (Å²) in [6.45, 7) is 0.852. The molecule has 0 aliphatic carbocycles. The van der Waals surface area contributed by atoms with Crippen LogP contribution in [0, 0.1) is 0 Å². The molecule has 7 heteroatoms. The zero-order valence-electron chi connectivity index (χ0n) is 15.5. The third-order valence-electron chi connectivity index (χ3n) is 4.00. The monoisotopic (exact) mass is 391 g/mol. The Kier molecular flexibility index (Phi) is 8.29. The van der Waals surface area contributed by atoms with E-state index in [1.54, 1.807) is 14.2 Å². The Labute approximate surface area is 165 Å². The largest absolute Gasteiger partial charge is 0.493 e. The average molecular weight is 391 g/mol. The Morgan fingerprint density at radius 3 is 2.56 bits per heavy atom. The van der Waals surface area contributed by atoms with Crippen molar-refractivity contribution in [2.45, 2.75) is 18.9 Å². The third kappa shape index (κ3) is 6.37. The van der Waals surface area contributed by atoms with Crippen molar-refractivity contribution in [1.29, 1.82) is 0 Å². The molecule has 1 atom stereocenters. The lowest BCUT2D eigenvalue weighted by Crippen LogP contribution is -2.11. The van der Waals surface area contributed by atoms with Gasteiger partial charge in [-0.25, -0.2) is 4.79 Å². The van der Waals surface area contributed by atoms with E-state index in [1.165, 1.54) is 0 Å². The van der Waals surface area contributed by atoms with Crippen molar-refractivity contribution >= 4 is 17.9 Å². The number of hydrogen-bond acceptors (Lipinski definition) is 6. The van der Waals surface area contributed by atoms with Gasteiger partial charge < -0.3 is 24.7 Å². The Bertz CT molecular complexity index is 753. The van der Waals surface area contributed by atoms with E-state index in [0.717, 1.165) is 11.1 Å². The van der Waals surface area contributed by atoms with E-state index in [2.05, 4.69) is 12.6 Å². The fourth-order valence-electron chi connectivity index (χ4n) is 2.73. The van der Waals surface area contributed by atoms with Crippen LogP contribution >= 0.6 is 12.6 Å². The van der Waals surface area contributed by atoms with Crippen molar-refractivity contribution in [3.05, 3.63) is 53.6 Å². The summed E-state index contributed by atoms with van der Waals surface area (Å²) in [6.07, 6.45) is 0.826. The van der Waals surface area contributed by atoms with Gasteiger partial charge in [0.2, 0.25) is 0 Å². The second kappa shape index (κ2) is 10.7. The number of thiol groups is 1. The summed E-state index contributed by atoms with van der Waals surface area (Å²) < 4.78 is 21.6. The highest BCUT2D eigenvalue weighted by Crippen LogP contribution is 2.31. The van der Waals surface area contributed by atoms with Crippen LogP contribution in [0.25, 0.3) is 0 Å². The van der Waals surface area contributed by atoms with Gasteiger partial charge in [0.15, 0.2) is 11.5 Å². The first-order valence-corrected chi connectivity index (χ1v) is 9.05. The topological polar surface area (TPSA) is 80.0 Å². The third-order valence-corrected chi connectivity index (χ3v) is 4.11. The highest BCUT2D eigenvalue weighted by Gasteiger charge is 2.17. The van der Waals surface area contributed by atoms with Crippen LogP contribution in [-0.2, 0) is 11.2 Å². The first kappa shape index (κ1) is 20.9. The molecule has 0 spiro atoms. The van der Waals surface area contributed by atoms with Crippen LogP contribution in [0.15, 0.2) is 42.5 Å². The average Bonchev–Trinajstić information content (AvgIpc) is 2.69. The van der Waals surface area contributed by atoms with Crippen LogP contribution in [0.3, 0.4) is 0 Å². The lowest BCUT2D eigenvalue weighted by molar-refractivity contribution is 0.118. The zero-order chi connectivity index (χ0) is 19.6. The summed E-state index contributed by atoms with van der Waals surface area (Å²) in [6, 6.07) is 13.2. The van der Waals surface area contributed by atoms with Crippen LogP contribution in [0.4, 0.5) is 4.79 Å². The van der Waals surface area contributed by atoms with E-state index in [4.69, 9.17) is 24.7 Å². The molecule has 2 aromatic rings. The number of hydrogen-bond donors (Lipinski definition) is 2. The first-order valence-electron chi connectivity index (χ1n) is 8.60. The Hall–Kier alpha value is -2.38. The molecule has 0 amide bonds. The second-order valence-corrected chi connectivity index (χ2v) is 6.18. The van der Waals surface area contributed by atoms with Gasteiger partial charge in [-0.1, -0.05) is 30.8 Å². The quantitative estimate of drug-likeness (QED) is 0.474. The van der Waals surface area contributed by atoms with Gasteiger partial charge in [0.25, 0.3) is 0 Å². The number of nitrogens with two attached hydrogens (primary N) is 1. The SMILES string of the molecule is COc1ccc(CCC(OC(=O)S)c2cccc(OCCN)c2)cc1OC. The first-order chi connectivity index (χ1) is 13.1. The van der Waals surface area contributed by atoms with Crippen molar-refractivity contribution < 1.29 is 23.7 Å². The molecule has 0 saturated heterocycles. The summed E-state index contributed by atoms with van der Waals surface area (Å²) in [5.41, 5.74) is 7.36. The molecule has 0 bridgehead atoms. The van der Waals surface area contributed by atoms with E-state index in [-0.39, 0.29) is 0 Å². The predicted molar refractivity (Wildman–Crippen MR) is 107 cm³/mol. The van der Waals surface area contributed by atoms with Gasteiger partial charge in [-0.05, 0) is 48.2 Å². The van der Waals surface area contributed by atoms with E-state index >= 15 is 0 Å². The minimum atomic E-state index is -0.624. The number of methoxy groups -OCH3 is 2. The molecule has 0 radical (unpaired) electrons. The van der Waals surface area contributed by atoms with Crippen LogP contribution in [0.5, 0.6) is 17.2 Å². The maximum absolute atomic E-state index is 11.4. The molecule has 1 unspecified atom stereocenters. The van der Waals surface area contributed by atoms with Gasteiger partial charge in [-0.2, -0.15) is 0 Å². The molecular weight excluding hydrogens is 366 g/mol. The van der Waals surface area contributed by atoms with Crippen LogP contribution in [0.1, 0.15) is 23.7 Å². The van der Waals surface area contributed by atoms with Gasteiger partial charge in [0, 0.05) is 6.54 Å². The maximum Gasteiger partial charge on any atom is 0.364 e. The standard InChI is InChI=1S/C20H25NO5S/c1-23-18-9-7-14(12-19(18)24-2)6-8-17(26-20(22)27)15-4-3-5-16(13-15)25-11-10-21/h3-5,7,9,12-13,17H,6,8,10-11,21H2,1-2H3,(H,22,27). The Morgan fingerprint density at radius 1 is 1.11 bits per heavy atom. The normalized spacial score (nSPS) is 11.6. The number of rotatable bonds is 10. The molecule has 2 N–H and O–H groups in total. The summed E-state index contributed by atoms with van der Waals surface area (Å²) >= 11 is 3.76. The summed E-state index contributed by atoms with van der Waals surface area (Å²) in [5.74, 6) is 2.02. The summed E-state index contributed by atoms with van der Waals surface area (Å²) in [5, 5.41) is -0.624. The van der Waals surface area contributed by atoms with Gasteiger partial charge in [0.05, 0.1) is 14.2 Å². The number of ether oxygens (including phenoxy) is 4. The molecule has 0 aromatic heterocycles. The van der Waals surface area contributed by atoms with Crippen molar-refractivity contribution in [2.75, 3.05) is 27.4 Å². The van der Waals surface area contributed by atoms with Crippen molar-refractivity contribution in [3.63, 3.8) is 0 Å². The van der Waals surface area contributed by atoms with E-state index in [0.29, 0.717) is 43.2 Å². The molecular formula is C20H25NO5S. The van der Waals surface area contributed by atoms with Crippen molar-refractivity contribution in [1.82, 2.24) is 0 Å². The lowest BCUT2D eigenvalue weighted by atomic mass is 10.0. The molecule has 146 valence electrons. The molecule has 0 saturated carbocycles. The highest BCUT2D eigenvalue weighted by molar-refractivity contribution is 7.96. The van der Waals surface area contributed by atoms with E-state index < -0.39 is 11.4 Å². The molecule has 0 aliphatic heterocycles. The summed E-state index contributed by atoms with van der Waals surface area (Å²) in [4.78, 5) is 11.4. The number of carbonyl (C=O) groups excluding carboxylic acids is 1. The second-order valence-electron chi connectivity index (χ2n) is 5.81. The number of benzene rings is 2. The predicted octanol–water partition coefficient (Wildman–Crippen LogP) is 3.78.